The van der Waals surface area contributed by atoms with Crippen LogP contribution in [0.5, 0.6) is 0 Å². The second-order valence-electron chi connectivity index (χ2n) is 3.21. The van der Waals surface area contributed by atoms with Gasteiger partial charge < -0.3 is 4.74 Å². The summed E-state index contributed by atoms with van der Waals surface area (Å²) >= 11 is 0. The number of ether oxygens (including phenoxy) is 1. The van der Waals surface area contributed by atoms with Crippen LogP contribution in [0.2, 0.25) is 0 Å². The first kappa shape index (κ1) is 8.99. The van der Waals surface area contributed by atoms with Gasteiger partial charge in [-0.05, 0) is 18.6 Å². The van der Waals surface area contributed by atoms with Crippen molar-refractivity contribution in [3.63, 3.8) is 0 Å². The second kappa shape index (κ2) is 3.65. The molecule has 2 rings (SSSR count). The second-order valence-corrected chi connectivity index (χ2v) is 3.21. The van der Waals surface area contributed by atoms with E-state index in [-0.39, 0.29) is 12.2 Å². The van der Waals surface area contributed by atoms with Gasteiger partial charge in [0.1, 0.15) is 11.9 Å². The van der Waals surface area contributed by atoms with Crippen LogP contribution in [0.25, 0.3) is 0 Å². The van der Waals surface area contributed by atoms with Crippen LogP contribution >= 0.6 is 0 Å². The third-order valence-electron chi connectivity index (χ3n) is 2.26. The van der Waals surface area contributed by atoms with Crippen molar-refractivity contribution in [2.75, 3.05) is 11.4 Å². The molecule has 14 heavy (non-hydrogen) atoms. The number of anilines is 1. The van der Waals surface area contributed by atoms with Crippen molar-refractivity contribution in [2.45, 2.75) is 19.4 Å². The summed E-state index contributed by atoms with van der Waals surface area (Å²) in [6.07, 6.45) is 2.22. The maximum atomic E-state index is 11.4. The van der Waals surface area contributed by atoms with E-state index in [9.17, 15) is 4.79 Å². The maximum absolute atomic E-state index is 11.4. The van der Waals surface area contributed by atoms with Crippen LogP contribution in [0.1, 0.15) is 13.3 Å². The Hall–Kier alpha value is -1.58. The van der Waals surface area contributed by atoms with Crippen molar-refractivity contribution in [3.05, 3.63) is 24.4 Å². The average Bonchev–Trinajstić information content (AvgIpc) is 2.61. The SMILES string of the molecule is CCC1CN(c2ccccn2)C(=O)O1. The molecule has 0 aliphatic carbocycles. The van der Waals surface area contributed by atoms with Crippen LogP contribution in [0, 0.1) is 0 Å². The predicted octanol–water partition coefficient (Wildman–Crippen LogP) is 1.82. The molecule has 1 aromatic rings. The van der Waals surface area contributed by atoms with Crippen molar-refractivity contribution in [1.29, 1.82) is 0 Å². The number of nitrogens with zero attached hydrogens (tertiary/aromatic N) is 2. The lowest BCUT2D eigenvalue weighted by Crippen LogP contribution is -2.25. The van der Waals surface area contributed by atoms with Gasteiger partial charge in [-0.15, -0.1) is 0 Å². The van der Waals surface area contributed by atoms with E-state index >= 15 is 0 Å². The molecule has 74 valence electrons. The lowest BCUT2D eigenvalue weighted by Gasteiger charge is -2.10. The number of aromatic nitrogens is 1. The highest BCUT2D eigenvalue weighted by molar-refractivity contribution is 5.88. The Balaban J connectivity index is 2.17. The van der Waals surface area contributed by atoms with Crippen LogP contribution < -0.4 is 4.90 Å². The van der Waals surface area contributed by atoms with Crippen molar-refractivity contribution < 1.29 is 9.53 Å². The highest BCUT2D eigenvalue weighted by atomic mass is 16.6. The standard InChI is InChI=1S/C10H12N2O2/c1-2-8-7-12(10(13)14-8)9-5-3-4-6-11-9/h3-6,8H,2,7H2,1H3. The van der Waals surface area contributed by atoms with E-state index in [4.69, 9.17) is 4.74 Å². The van der Waals surface area contributed by atoms with Crippen LogP contribution in [-0.4, -0.2) is 23.7 Å². The zero-order valence-electron chi connectivity index (χ0n) is 8.01. The number of rotatable bonds is 2. The minimum Gasteiger partial charge on any atom is -0.444 e. The zero-order valence-corrected chi connectivity index (χ0v) is 8.01. The van der Waals surface area contributed by atoms with E-state index in [1.165, 1.54) is 0 Å². The molecular weight excluding hydrogens is 180 g/mol. The lowest BCUT2D eigenvalue weighted by molar-refractivity contribution is 0.139. The van der Waals surface area contributed by atoms with E-state index in [2.05, 4.69) is 4.98 Å². The Morgan fingerprint density at radius 2 is 2.50 bits per heavy atom. The summed E-state index contributed by atoms with van der Waals surface area (Å²) in [5.74, 6) is 0.661. The van der Waals surface area contributed by atoms with E-state index < -0.39 is 0 Å². The number of carbonyl (C=O) groups excluding carboxylic acids is 1. The first-order chi connectivity index (χ1) is 6.81. The van der Waals surface area contributed by atoms with E-state index in [0.29, 0.717) is 12.4 Å². The number of pyridine rings is 1. The molecule has 1 amide bonds. The molecule has 1 saturated heterocycles. The Morgan fingerprint density at radius 3 is 3.07 bits per heavy atom. The van der Waals surface area contributed by atoms with Crippen LogP contribution in [0.4, 0.5) is 10.6 Å². The first-order valence-corrected chi connectivity index (χ1v) is 4.70. The number of hydrogen-bond acceptors (Lipinski definition) is 3. The number of cyclic esters (lactones) is 1. The van der Waals surface area contributed by atoms with Crippen molar-refractivity contribution in [2.24, 2.45) is 0 Å². The summed E-state index contributed by atoms with van der Waals surface area (Å²) in [4.78, 5) is 17.1. The Kier molecular flexibility index (Phi) is 2.35. The Labute approximate surface area is 82.5 Å². The van der Waals surface area contributed by atoms with Gasteiger partial charge in [-0.3, -0.25) is 4.90 Å². The van der Waals surface area contributed by atoms with Gasteiger partial charge in [-0.2, -0.15) is 0 Å². The molecule has 0 bridgehead atoms. The van der Waals surface area contributed by atoms with Gasteiger partial charge in [0, 0.05) is 6.20 Å². The molecule has 1 aliphatic rings. The van der Waals surface area contributed by atoms with Crippen molar-refractivity contribution >= 4 is 11.9 Å². The molecule has 0 aromatic carbocycles. The largest absolute Gasteiger partial charge is 0.444 e. The molecule has 0 spiro atoms. The molecule has 4 nitrogen and oxygen atoms in total. The zero-order chi connectivity index (χ0) is 9.97. The van der Waals surface area contributed by atoms with E-state index in [1.807, 2.05) is 19.1 Å². The summed E-state index contributed by atoms with van der Waals surface area (Å²) < 4.78 is 5.12. The minimum absolute atomic E-state index is 0.00417. The monoisotopic (exact) mass is 192 g/mol. The topological polar surface area (TPSA) is 42.4 Å². The fraction of sp³-hybridized carbons (Fsp3) is 0.400. The average molecular weight is 192 g/mol. The smallest absolute Gasteiger partial charge is 0.415 e. The molecule has 0 radical (unpaired) electrons. The Bertz CT molecular complexity index is 326. The predicted molar refractivity (Wildman–Crippen MR) is 52.1 cm³/mol. The third-order valence-corrected chi connectivity index (χ3v) is 2.26. The third kappa shape index (κ3) is 1.55. The van der Waals surface area contributed by atoms with E-state index in [0.717, 1.165) is 6.42 Å². The van der Waals surface area contributed by atoms with Gasteiger partial charge in [-0.25, -0.2) is 9.78 Å². The van der Waals surface area contributed by atoms with Gasteiger partial charge in [0.2, 0.25) is 0 Å². The molecular formula is C10H12N2O2. The van der Waals surface area contributed by atoms with Crippen LogP contribution in [0.3, 0.4) is 0 Å². The molecule has 0 N–H and O–H groups in total. The number of hydrogen-bond donors (Lipinski definition) is 0. The minimum atomic E-state index is -0.296. The van der Waals surface area contributed by atoms with Gasteiger partial charge >= 0.3 is 6.09 Å². The summed E-state index contributed by atoms with van der Waals surface area (Å²) in [5.41, 5.74) is 0. The van der Waals surface area contributed by atoms with Crippen molar-refractivity contribution in [3.8, 4) is 0 Å². The molecule has 1 atom stereocenters. The fourth-order valence-electron chi connectivity index (χ4n) is 1.43. The Morgan fingerprint density at radius 1 is 1.64 bits per heavy atom. The van der Waals surface area contributed by atoms with Gasteiger partial charge in [0.05, 0.1) is 6.54 Å². The molecule has 2 heterocycles. The number of amides is 1. The molecule has 1 aromatic heterocycles. The quantitative estimate of drug-likeness (QED) is 0.717. The van der Waals surface area contributed by atoms with Gasteiger partial charge in [0.25, 0.3) is 0 Å². The van der Waals surface area contributed by atoms with Gasteiger partial charge in [0.15, 0.2) is 0 Å². The first-order valence-electron chi connectivity index (χ1n) is 4.70. The highest BCUT2D eigenvalue weighted by Gasteiger charge is 2.31. The summed E-state index contributed by atoms with van der Waals surface area (Å²) in [5, 5.41) is 0. The fourth-order valence-corrected chi connectivity index (χ4v) is 1.43. The maximum Gasteiger partial charge on any atom is 0.415 e. The van der Waals surface area contributed by atoms with Crippen molar-refractivity contribution in [1.82, 2.24) is 4.98 Å². The molecule has 1 fully saturated rings. The summed E-state index contributed by atoms with van der Waals surface area (Å²) in [6.45, 7) is 2.60. The summed E-state index contributed by atoms with van der Waals surface area (Å²) in [6, 6.07) is 5.48. The molecule has 0 saturated carbocycles. The molecule has 1 unspecified atom stereocenters. The van der Waals surface area contributed by atoms with E-state index in [1.54, 1.807) is 17.2 Å². The lowest BCUT2D eigenvalue weighted by atomic mass is 10.3. The van der Waals surface area contributed by atoms with Crippen LogP contribution in [-0.2, 0) is 4.74 Å². The van der Waals surface area contributed by atoms with Crippen LogP contribution in [0.15, 0.2) is 24.4 Å². The molecule has 1 aliphatic heterocycles. The summed E-state index contributed by atoms with van der Waals surface area (Å²) in [7, 11) is 0. The highest BCUT2D eigenvalue weighted by Crippen LogP contribution is 2.19. The number of carbonyl (C=O) groups is 1. The van der Waals surface area contributed by atoms with Gasteiger partial charge in [-0.1, -0.05) is 13.0 Å². The normalized spacial score (nSPS) is 21.1. The molecule has 4 heteroatoms.